The minimum absolute atomic E-state index is 0.0633. The number of amides is 1. The van der Waals surface area contributed by atoms with Crippen molar-refractivity contribution < 1.29 is 17.7 Å². The highest BCUT2D eigenvalue weighted by molar-refractivity contribution is 7.89. The predicted molar refractivity (Wildman–Crippen MR) is 112 cm³/mol. The molecule has 1 heterocycles. The molecule has 0 bridgehead atoms. The lowest BCUT2D eigenvalue weighted by Gasteiger charge is -2.12. The number of nitrogens with one attached hydrogen (secondary N) is 1. The third-order valence-corrected chi connectivity index (χ3v) is 5.20. The Bertz CT molecular complexity index is 1130. The van der Waals surface area contributed by atoms with Crippen molar-refractivity contribution in [3.8, 4) is 11.5 Å². The number of para-hydroxylation sites is 1. The topological polar surface area (TPSA) is 102 Å². The van der Waals surface area contributed by atoms with Gasteiger partial charge in [-0.15, -0.1) is 0 Å². The zero-order valence-electron chi connectivity index (χ0n) is 16.8. The van der Waals surface area contributed by atoms with E-state index in [4.69, 9.17) is 4.52 Å². The number of hydrogen-bond donors (Lipinski definition) is 1. The van der Waals surface area contributed by atoms with Gasteiger partial charge < -0.3 is 9.84 Å². The van der Waals surface area contributed by atoms with E-state index in [1.807, 2.05) is 39.0 Å². The van der Waals surface area contributed by atoms with Crippen LogP contribution in [-0.4, -0.2) is 30.7 Å². The average Bonchev–Trinajstić information content (AvgIpc) is 3.13. The molecule has 0 saturated carbocycles. The van der Waals surface area contributed by atoms with Gasteiger partial charge in [0.25, 0.3) is 11.8 Å². The van der Waals surface area contributed by atoms with Crippen LogP contribution in [0.25, 0.3) is 11.5 Å². The maximum Gasteiger partial charge on any atom is 0.260 e. The molecule has 8 heteroatoms. The second kappa shape index (κ2) is 8.16. The van der Waals surface area contributed by atoms with Crippen LogP contribution in [-0.2, 0) is 15.6 Å². The van der Waals surface area contributed by atoms with Gasteiger partial charge in [-0.2, -0.15) is 4.98 Å². The molecule has 0 aliphatic carbocycles. The standard InChI is InChI=1S/C21H23N3O4S/c1-13(2)19-23-21(28-24-19)17-7-5-6-14(3)18(17)22-20(25)16-10-8-15(9-11-16)12-29(4,26)27/h5-11,13H,12H2,1-4H3,(H,22,25). The third-order valence-electron chi connectivity index (χ3n) is 4.34. The van der Waals surface area contributed by atoms with Crippen molar-refractivity contribution >= 4 is 21.4 Å². The van der Waals surface area contributed by atoms with Gasteiger partial charge in [-0.05, 0) is 36.2 Å². The highest BCUT2D eigenvalue weighted by Gasteiger charge is 2.18. The van der Waals surface area contributed by atoms with Gasteiger partial charge in [-0.25, -0.2) is 8.42 Å². The number of carbonyl (C=O) groups excluding carboxylic acids is 1. The van der Waals surface area contributed by atoms with Crippen LogP contribution in [0.1, 0.15) is 47.1 Å². The fraction of sp³-hybridized carbons (Fsp3) is 0.286. The van der Waals surface area contributed by atoms with Crippen LogP contribution in [0.2, 0.25) is 0 Å². The van der Waals surface area contributed by atoms with E-state index in [-0.39, 0.29) is 17.6 Å². The number of hydrogen-bond acceptors (Lipinski definition) is 6. The van der Waals surface area contributed by atoms with Crippen molar-refractivity contribution in [2.45, 2.75) is 32.4 Å². The summed E-state index contributed by atoms with van der Waals surface area (Å²) in [7, 11) is -3.13. The Kier molecular flexibility index (Phi) is 5.83. The Labute approximate surface area is 170 Å². The summed E-state index contributed by atoms with van der Waals surface area (Å²) < 4.78 is 28.2. The molecule has 3 rings (SSSR count). The summed E-state index contributed by atoms with van der Waals surface area (Å²) in [6.07, 6.45) is 1.18. The highest BCUT2D eigenvalue weighted by Crippen LogP contribution is 2.31. The second-order valence-electron chi connectivity index (χ2n) is 7.33. The summed E-state index contributed by atoms with van der Waals surface area (Å²) in [5.41, 5.74) is 3.15. The first-order valence-corrected chi connectivity index (χ1v) is 11.2. The van der Waals surface area contributed by atoms with E-state index in [1.54, 1.807) is 24.3 Å². The molecular weight excluding hydrogens is 390 g/mol. The number of sulfone groups is 1. The van der Waals surface area contributed by atoms with Crippen molar-refractivity contribution in [3.63, 3.8) is 0 Å². The van der Waals surface area contributed by atoms with Crippen LogP contribution in [0, 0.1) is 6.92 Å². The number of rotatable bonds is 6. The third kappa shape index (κ3) is 5.08. The van der Waals surface area contributed by atoms with Gasteiger partial charge in [0, 0.05) is 17.7 Å². The number of aromatic nitrogens is 2. The molecule has 0 aliphatic rings. The molecule has 0 aliphatic heterocycles. The SMILES string of the molecule is Cc1cccc(-c2nc(C(C)C)no2)c1NC(=O)c1ccc(CS(C)(=O)=O)cc1. The molecule has 29 heavy (non-hydrogen) atoms. The molecule has 1 aromatic heterocycles. The fourth-order valence-corrected chi connectivity index (χ4v) is 3.63. The number of anilines is 1. The molecule has 7 nitrogen and oxygen atoms in total. The van der Waals surface area contributed by atoms with E-state index in [1.165, 1.54) is 6.26 Å². The number of benzene rings is 2. The van der Waals surface area contributed by atoms with Gasteiger partial charge in [0.05, 0.1) is 17.0 Å². The Hall–Kier alpha value is -3.00. The number of aryl methyl sites for hydroxylation is 1. The molecule has 3 aromatic rings. The quantitative estimate of drug-likeness (QED) is 0.656. The summed E-state index contributed by atoms with van der Waals surface area (Å²) in [5.74, 6) is 0.693. The van der Waals surface area contributed by atoms with Crippen molar-refractivity contribution in [3.05, 3.63) is 65.0 Å². The second-order valence-corrected chi connectivity index (χ2v) is 9.47. The molecule has 0 saturated heterocycles. The Balaban J connectivity index is 1.87. The Morgan fingerprint density at radius 1 is 1.14 bits per heavy atom. The van der Waals surface area contributed by atoms with Gasteiger partial charge >= 0.3 is 0 Å². The predicted octanol–water partition coefficient (Wildman–Crippen LogP) is 3.97. The summed E-state index contributed by atoms with van der Waals surface area (Å²) in [4.78, 5) is 17.2. The van der Waals surface area contributed by atoms with Crippen molar-refractivity contribution in [2.75, 3.05) is 11.6 Å². The van der Waals surface area contributed by atoms with Crippen LogP contribution >= 0.6 is 0 Å². The maximum atomic E-state index is 12.8. The Morgan fingerprint density at radius 3 is 2.41 bits per heavy atom. The van der Waals surface area contributed by atoms with E-state index in [0.29, 0.717) is 34.1 Å². The summed E-state index contributed by atoms with van der Waals surface area (Å²) in [6.45, 7) is 5.83. The first-order valence-electron chi connectivity index (χ1n) is 9.15. The van der Waals surface area contributed by atoms with Gasteiger partial charge in [0.1, 0.15) is 0 Å². The van der Waals surface area contributed by atoms with E-state index in [2.05, 4.69) is 15.5 Å². The van der Waals surface area contributed by atoms with Gasteiger partial charge in [0.2, 0.25) is 0 Å². The fourth-order valence-electron chi connectivity index (χ4n) is 2.83. The molecule has 0 atom stereocenters. The molecule has 0 unspecified atom stereocenters. The minimum Gasteiger partial charge on any atom is -0.334 e. The zero-order valence-corrected chi connectivity index (χ0v) is 17.6. The molecular formula is C21H23N3O4S. The van der Waals surface area contributed by atoms with Crippen molar-refractivity contribution in [2.24, 2.45) is 0 Å². The minimum atomic E-state index is -3.13. The molecule has 0 fully saturated rings. The zero-order chi connectivity index (χ0) is 21.2. The van der Waals surface area contributed by atoms with Gasteiger partial charge in [0.15, 0.2) is 15.7 Å². The van der Waals surface area contributed by atoms with Crippen LogP contribution in [0.4, 0.5) is 5.69 Å². The van der Waals surface area contributed by atoms with E-state index in [9.17, 15) is 13.2 Å². The summed E-state index contributed by atoms with van der Waals surface area (Å²) in [6, 6.07) is 12.1. The lowest BCUT2D eigenvalue weighted by Crippen LogP contribution is -2.14. The van der Waals surface area contributed by atoms with Crippen LogP contribution in [0.3, 0.4) is 0 Å². The normalized spacial score (nSPS) is 11.6. The van der Waals surface area contributed by atoms with E-state index >= 15 is 0 Å². The van der Waals surface area contributed by atoms with Crippen LogP contribution in [0.5, 0.6) is 0 Å². The van der Waals surface area contributed by atoms with Crippen LogP contribution < -0.4 is 5.32 Å². The molecule has 152 valence electrons. The van der Waals surface area contributed by atoms with Crippen LogP contribution in [0.15, 0.2) is 47.0 Å². The first-order chi connectivity index (χ1) is 13.6. The number of nitrogens with zero attached hydrogens (tertiary/aromatic N) is 2. The smallest absolute Gasteiger partial charge is 0.260 e. The lowest BCUT2D eigenvalue weighted by molar-refractivity contribution is 0.102. The monoisotopic (exact) mass is 413 g/mol. The maximum absolute atomic E-state index is 12.8. The highest BCUT2D eigenvalue weighted by atomic mass is 32.2. The molecule has 1 amide bonds. The molecule has 0 spiro atoms. The molecule has 2 aromatic carbocycles. The average molecular weight is 413 g/mol. The lowest BCUT2D eigenvalue weighted by atomic mass is 10.1. The van der Waals surface area contributed by atoms with E-state index < -0.39 is 9.84 Å². The van der Waals surface area contributed by atoms with Gasteiger partial charge in [-0.1, -0.05) is 43.3 Å². The first kappa shape index (κ1) is 20.7. The van der Waals surface area contributed by atoms with E-state index in [0.717, 1.165) is 5.56 Å². The number of carbonyl (C=O) groups is 1. The Morgan fingerprint density at radius 2 is 1.83 bits per heavy atom. The molecule has 1 N–H and O–H groups in total. The molecule has 0 radical (unpaired) electrons. The van der Waals surface area contributed by atoms with Crippen molar-refractivity contribution in [1.29, 1.82) is 0 Å². The van der Waals surface area contributed by atoms with Gasteiger partial charge in [-0.3, -0.25) is 4.79 Å². The summed E-state index contributed by atoms with van der Waals surface area (Å²) in [5, 5.41) is 6.91. The van der Waals surface area contributed by atoms with Crippen molar-refractivity contribution in [1.82, 2.24) is 10.1 Å². The largest absolute Gasteiger partial charge is 0.334 e. The summed E-state index contributed by atoms with van der Waals surface area (Å²) >= 11 is 0.